The normalized spacial score (nSPS) is 13.5. The maximum Gasteiger partial charge on any atom is 0.251 e. The highest BCUT2D eigenvalue weighted by molar-refractivity contribution is 5.97. The third-order valence-corrected chi connectivity index (χ3v) is 10.5. The van der Waals surface area contributed by atoms with E-state index in [1.165, 1.54) is 69.8 Å². The molecule has 1 unspecified atom stereocenters. The Hall–Kier alpha value is -1.84. The van der Waals surface area contributed by atoms with Gasteiger partial charge in [0.2, 0.25) is 5.91 Å². The van der Waals surface area contributed by atoms with Crippen molar-refractivity contribution in [3.8, 4) is 0 Å². The van der Waals surface area contributed by atoms with Gasteiger partial charge in [-0.2, -0.15) is 0 Å². The van der Waals surface area contributed by atoms with Crippen molar-refractivity contribution in [3.63, 3.8) is 0 Å². The van der Waals surface area contributed by atoms with E-state index in [0.717, 1.165) is 43.9 Å². The van der Waals surface area contributed by atoms with E-state index in [4.69, 9.17) is 0 Å². The van der Waals surface area contributed by atoms with Crippen LogP contribution in [-0.4, -0.2) is 24.4 Å². The number of nitrogens with one attached hydrogen (secondary N) is 2. The smallest absolute Gasteiger partial charge is 0.251 e. The summed E-state index contributed by atoms with van der Waals surface area (Å²) in [5, 5.41) is 6.10. The van der Waals surface area contributed by atoms with E-state index < -0.39 is 6.04 Å². The molecule has 0 heterocycles. The first-order valence-electron chi connectivity index (χ1n) is 22.3. The average molecular weight is 755 g/mol. The quantitative estimate of drug-likeness (QED) is 0.123. The predicted molar refractivity (Wildman–Crippen MR) is 239 cm³/mol. The minimum atomic E-state index is -0.495. The van der Waals surface area contributed by atoms with Crippen LogP contribution < -0.4 is 10.6 Å². The topological polar surface area (TPSA) is 58.2 Å². The minimum absolute atomic E-state index is 0.0389. The Labute approximate surface area is 338 Å². The van der Waals surface area contributed by atoms with E-state index in [2.05, 4.69) is 128 Å². The van der Waals surface area contributed by atoms with Gasteiger partial charge in [0, 0.05) is 12.1 Å². The maximum atomic E-state index is 13.0. The molecule has 0 saturated carbocycles. The lowest BCUT2D eigenvalue weighted by molar-refractivity contribution is -0.123. The maximum absolute atomic E-state index is 13.0. The van der Waals surface area contributed by atoms with Gasteiger partial charge in [0.1, 0.15) is 6.04 Å². The zero-order chi connectivity index (χ0) is 41.8. The summed E-state index contributed by atoms with van der Waals surface area (Å²) in [5.41, 5.74) is 3.49. The van der Waals surface area contributed by atoms with Crippen LogP contribution >= 0.6 is 0 Å². The molecule has 0 fully saturated rings. The monoisotopic (exact) mass is 755 g/mol. The second-order valence-corrected chi connectivity index (χ2v) is 23.1. The molecule has 0 saturated heterocycles. The summed E-state index contributed by atoms with van der Waals surface area (Å²) in [6.45, 7) is 39.6. The fourth-order valence-corrected chi connectivity index (χ4v) is 6.63. The molecule has 316 valence electrons. The number of benzene rings is 1. The molecule has 1 atom stereocenters. The molecular weight excluding hydrogens is 661 g/mol. The summed E-state index contributed by atoms with van der Waals surface area (Å²) in [6.07, 6.45) is 19.4. The summed E-state index contributed by atoms with van der Waals surface area (Å²) < 4.78 is 0. The third-order valence-electron chi connectivity index (χ3n) is 10.5. The molecule has 0 aliphatic heterocycles. The van der Waals surface area contributed by atoms with Crippen LogP contribution in [0.4, 0.5) is 0 Å². The molecule has 4 nitrogen and oxygen atoms in total. The molecule has 1 rings (SSSR count). The minimum Gasteiger partial charge on any atom is -0.354 e. The second kappa shape index (κ2) is 24.7. The lowest BCUT2D eigenvalue weighted by Crippen LogP contribution is -2.47. The van der Waals surface area contributed by atoms with E-state index in [9.17, 15) is 9.59 Å². The van der Waals surface area contributed by atoms with Gasteiger partial charge in [0.25, 0.3) is 5.91 Å². The molecule has 1 aromatic rings. The number of hydrogen-bond donors (Lipinski definition) is 2. The molecule has 2 amide bonds. The van der Waals surface area contributed by atoms with Crippen LogP contribution in [0.5, 0.6) is 0 Å². The van der Waals surface area contributed by atoms with Gasteiger partial charge in [-0.25, -0.2) is 0 Å². The van der Waals surface area contributed by atoms with Gasteiger partial charge in [0.15, 0.2) is 0 Å². The number of amides is 2. The molecule has 0 spiro atoms. The van der Waals surface area contributed by atoms with Crippen molar-refractivity contribution in [3.05, 3.63) is 35.4 Å². The highest BCUT2D eigenvalue weighted by Gasteiger charge is 2.23. The SMILES string of the molecule is CC(C)(C)CCCCCCNC(=O)C(CCCCC(C)(C)C)NC(=O)c1ccc(C(C)(C)C)cc1.CC(C)CCCC(CCC(C)(C)C)CCC(C)(C)C. The van der Waals surface area contributed by atoms with Gasteiger partial charge >= 0.3 is 0 Å². The molecule has 4 heteroatoms. The van der Waals surface area contributed by atoms with Crippen molar-refractivity contribution >= 4 is 11.8 Å². The summed E-state index contributed by atoms with van der Waals surface area (Å²) in [6, 6.07) is 7.25. The molecule has 1 aromatic carbocycles. The van der Waals surface area contributed by atoms with Crippen molar-refractivity contribution in [2.45, 2.75) is 232 Å². The fraction of sp³-hybridized carbons (Fsp3) is 0.840. The standard InChI is InChI=1S/C31H54N2O2.C19H40/c1-29(2,3)21-13-10-11-15-23-32-28(35)26(16-12-14-22-30(4,5)6)33-27(34)24-17-19-25(20-18-24)31(7,8)9;1-16(2)10-9-11-17(12-14-18(3,4)5)13-15-19(6,7)8/h17-20,26H,10-16,21-23H2,1-9H3,(H,32,35)(H,33,34);16-17H,9-15H2,1-8H3. The Bertz CT molecular complexity index is 1110. The number of hydrogen-bond acceptors (Lipinski definition) is 2. The van der Waals surface area contributed by atoms with Crippen LogP contribution in [0.3, 0.4) is 0 Å². The van der Waals surface area contributed by atoms with Crippen molar-refractivity contribution in [2.75, 3.05) is 6.54 Å². The van der Waals surface area contributed by atoms with Crippen LogP contribution in [0.2, 0.25) is 0 Å². The Morgan fingerprint density at radius 1 is 0.519 bits per heavy atom. The summed E-state index contributed by atoms with van der Waals surface area (Å²) >= 11 is 0. The Balaban J connectivity index is 0.00000125. The van der Waals surface area contributed by atoms with Crippen LogP contribution in [0.15, 0.2) is 24.3 Å². The van der Waals surface area contributed by atoms with Crippen LogP contribution in [0, 0.1) is 33.5 Å². The van der Waals surface area contributed by atoms with Gasteiger partial charge in [-0.3, -0.25) is 9.59 Å². The van der Waals surface area contributed by atoms with Crippen LogP contribution in [0.25, 0.3) is 0 Å². The van der Waals surface area contributed by atoms with Crippen molar-refractivity contribution in [1.82, 2.24) is 10.6 Å². The predicted octanol–water partition coefficient (Wildman–Crippen LogP) is 14.9. The average Bonchev–Trinajstić information content (AvgIpc) is 3.00. The van der Waals surface area contributed by atoms with Crippen molar-refractivity contribution in [1.29, 1.82) is 0 Å². The Morgan fingerprint density at radius 2 is 0.981 bits per heavy atom. The van der Waals surface area contributed by atoms with E-state index >= 15 is 0 Å². The molecule has 0 aliphatic rings. The third kappa shape index (κ3) is 30.4. The molecule has 0 aliphatic carbocycles. The molecule has 2 N–H and O–H groups in total. The zero-order valence-corrected chi connectivity index (χ0v) is 39.4. The lowest BCUT2D eigenvalue weighted by atomic mass is 9.80. The second-order valence-electron chi connectivity index (χ2n) is 23.1. The van der Waals surface area contributed by atoms with E-state index in [1.54, 1.807) is 0 Å². The van der Waals surface area contributed by atoms with Gasteiger partial charge in [-0.15, -0.1) is 0 Å². The number of rotatable bonds is 21. The molecular formula is C50H94N2O2. The van der Waals surface area contributed by atoms with E-state index in [0.29, 0.717) is 34.8 Å². The van der Waals surface area contributed by atoms with Gasteiger partial charge in [0.05, 0.1) is 0 Å². The summed E-state index contributed by atoms with van der Waals surface area (Å²) in [7, 11) is 0. The Kier molecular flexibility index (Phi) is 23.9. The molecule has 0 radical (unpaired) electrons. The van der Waals surface area contributed by atoms with Gasteiger partial charge in [-0.1, -0.05) is 181 Å². The van der Waals surface area contributed by atoms with Crippen molar-refractivity contribution in [2.24, 2.45) is 33.5 Å². The number of unbranched alkanes of at least 4 members (excludes halogenated alkanes) is 4. The number of carbonyl (C=O) groups is 2. The summed E-state index contributed by atoms with van der Waals surface area (Å²) in [5.74, 6) is 1.59. The van der Waals surface area contributed by atoms with Gasteiger partial charge < -0.3 is 10.6 Å². The van der Waals surface area contributed by atoms with Crippen LogP contribution in [0.1, 0.15) is 236 Å². The first-order chi connectivity index (χ1) is 24.6. The highest BCUT2D eigenvalue weighted by Crippen LogP contribution is 2.32. The number of carbonyl (C=O) groups excluding carboxylic acids is 2. The molecule has 54 heavy (non-hydrogen) atoms. The first-order valence-corrected chi connectivity index (χ1v) is 22.3. The zero-order valence-electron chi connectivity index (χ0n) is 39.4. The van der Waals surface area contributed by atoms with Crippen molar-refractivity contribution < 1.29 is 9.59 Å². The first kappa shape index (κ1) is 52.2. The Morgan fingerprint density at radius 3 is 1.43 bits per heavy atom. The molecule has 0 bridgehead atoms. The highest BCUT2D eigenvalue weighted by atomic mass is 16.2. The van der Waals surface area contributed by atoms with Crippen LogP contribution in [-0.2, 0) is 10.2 Å². The largest absolute Gasteiger partial charge is 0.354 e. The van der Waals surface area contributed by atoms with E-state index in [1.807, 2.05) is 24.3 Å². The molecule has 0 aromatic heterocycles. The lowest BCUT2D eigenvalue weighted by Gasteiger charge is -2.26. The fourth-order valence-electron chi connectivity index (χ4n) is 6.63. The van der Waals surface area contributed by atoms with Gasteiger partial charge in [-0.05, 0) is 108 Å². The summed E-state index contributed by atoms with van der Waals surface area (Å²) in [4.78, 5) is 25.9. The van der Waals surface area contributed by atoms with E-state index in [-0.39, 0.29) is 22.6 Å².